The average molecular weight is 183 g/mol. The molecule has 0 aromatic rings. The van der Waals surface area contributed by atoms with E-state index in [1.807, 2.05) is 0 Å². The lowest BCUT2D eigenvalue weighted by atomic mass is 9.84. The van der Waals surface area contributed by atoms with Crippen LogP contribution in [0.3, 0.4) is 0 Å². The predicted molar refractivity (Wildman–Crippen MR) is 53.7 cm³/mol. The monoisotopic (exact) mass is 183 g/mol. The quantitative estimate of drug-likeness (QED) is 0.634. The lowest BCUT2D eigenvalue weighted by Crippen LogP contribution is -2.48. The van der Waals surface area contributed by atoms with Crippen molar-refractivity contribution in [2.45, 2.75) is 38.1 Å². The van der Waals surface area contributed by atoms with Gasteiger partial charge in [0.15, 0.2) is 0 Å². The molecule has 2 rings (SSSR count). The average Bonchev–Trinajstić information content (AvgIpc) is 2.82. The van der Waals surface area contributed by atoms with Crippen molar-refractivity contribution in [3.63, 3.8) is 0 Å². The van der Waals surface area contributed by atoms with E-state index in [1.165, 1.54) is 38.6 Å². The summed E-state index contributed by atoms with van der Waals surface area (Å²) >= 11 is 0. The SMILES string of the molecule is COCCCC(C1CC1)C1CCN1. The fraction of sp³-hybridized carbons (Fsp3) is 1.00. The Morgan fingerprint density at radius 2 is 2.15 bits per heavy atom. The molecule has 13 heavy (non-hydrogen) atoms. The van der Waals surface area contributed by atoms with Gasteiger partial charge in [-0.2, -0.15) is 0 Å². The van der Waals surface area contributed by atoms with Gasteiger partial charge in [-0.15, -0.1) is 0 Å². The van der Waals surface area contributed by atoms with Gasteiger partial charge in [0.2, 0.25) is 0 Å². The third kappa shape index (κ3) is 2.44. The van der Waals surface area contributed by atoms with Gasteiger partial charge in [-0.1, -0.05) is 0 Å². The van der Waals surface area contributed by atoms with Crippen molar-refractivity contribution in [3.8, 4) is 0 Å². The summed E-state index contributed by atoms with van der Waals surface area (Å²) in [5, 5.41) is 3.55. The van der Waals surface area contributed by atoms with E-state index in [1.54, 1.807) is 7.11 Å². The Bertz CT molecular complexity index is 152. The van der Waals surface area contributed by atoms with Crippen LogP contribution < -0.4 is 5.32 Å². The molecule has 1 aliphatic carbocycles. The van der Waals surface area contributed by atoms with Gasteiger partial charge in [-0.05, 0) is 50.5 Å². The summed E-state index contributed by atoms with van der Waals surface area (Å²) in [6, 6.07) is 0.851. The van der Waals surface area contributed by atoms with E-state index in [4.69, 9.17) is 4.74 Å². The summed E-state index contributed by atoms with van der Waals surface area (Å²) in [5.74, 6) is 2.01. The molecule has 0 amide bonds. The molecular formula is C11H21NO. The summed E-state index contributed by atoms with van der Waals surface area (Å²) in [7, 11) is 1.80. The van der Waals surface area contributed by atoms with Crippen molar-refractivity contribution in [2.24, 2.45) is 11.8 Å². The molecule has 0 spiro atoms. The maximum Gasteiger partial charge on any atom is 0.0462 e. The fourth-order valence-corrected chi connectivity index (χ4v) is 2.43. The summed E-state index contributed by atoms with van der Waals surface area (Å²) in [6.45, 7) is 2.19. The van der Waals surface area contributed by atoms with Gasteiger partial charge < -0.3 is 10.1 Å². The van der Waals surface area contributed by atoms with Gasteiger partial charge in [0.25, 0.3) is 0 Å². The first-order chi connectivity index (χ1) is 6.42. The third-order valence-electron chi connectivity index (χ3n) is 3.49. The first-order valence-electron chi connectivity index (χ1n) is 5.64. The molecule has 0 bridgehead atoms. The molecule has 0 radical (unpaired) electrons. The van der Waals surface area contributed by atoms with E-state index >= 15 is 0 Å². The zero-order valence-corrected chi connectivity index (χ0v) is 8.59. The van der Waals surface area contributed by atoms with E-state index in [9.17, 15) is 0 Å². The molecule has 2 unspecified atom stereocenters. The highest BCUT2D eigenvalue weighted by Gasteiger charge is 2.37. The molecule has 0 aromatic heterocycles. The van der Waals surface area contributed by atoms with Crippen LogP contribution in [0, 0.1) is 11.8 Å². The van der Waals surface area contributed by atoms with Gasteiger partial charge in [0, 0.05) is 19.8 Å². The van der Waals surface area contributed by atoms with E-state index in [-0.39, 0.29) is 0 Å². The molecule has 2 fully saturated rings. The van der Waals surface area contributed by atoms with Crippen LogP contribution in [0.25, 0.3) is 0 Å². The Kier molecular flexibility index (Phi) is 3.23. The molecule has 2 heteroatoms. The van der Waals surface area contributed by atoms with Gasteiger partial charge in [0.05, 0.1) is 0 Å². The molecule has 1 aliphatic heterocycles. The fourth-order valence-electron chi connectivity index (χ4n) is 2.43. The number of hydrogen-bond acceptors (Lipinski definition) is 2. The van der Waals surface area contributed by atoms with Crippen LogP contribution >= 0.6 is 0 Å². The van der Waals surface area contributed by atoms with Crippen LogP contribution in [0.15, 0.2) is 0 Å². The molecule has 2 aliphatic rings. The molecule has 1 N–H and O–H groups in total. The van der Waals surface area contributed by atoms with Crippen molar-refractivity contribution >= 4 is 0 Å². The number of hydrogen-bond donors (Lipinski definition) is 1. The van der Waals surface area contributed by atoms with Gasteiger partial charge in [-0.25, -0.2) is 0 Å². The van der Waals surface area contributed by atoms with E-state index in [0.717, 1.165) is 24.5 Å². The second kappa shape index (κ2) is 4.43. The third-order valence-corrected chi connectivity index (χ3v) is 3.49. The molecule has 2 atom stereocenters. The Hall–Kier alpha value is -0.0800. The highest BCUT2D eigenvalue weighted by Crippen LogP contribution is 2.42. The van der Waals surface area contributed by atoms with Crippen molar-refractivity contribution in [3.05, 3.63) is 0 Å². The second-order valence-corrected chi connectivity index (χ2v) is 4.49. The summed E-state index contributed by atoms with van der Waals surface area (Å²) < 4.78 is 5.10. The zero-order chi connectivity index (χ0) is 9.10. The van der Waals surface area contributed by atoms with Crippen molar-refractivity contribution in [1.82, 2.24) is 5.32 Å². The zero-order valence-electron chi connectivity index (χ0n) is 8.59. The minimum absolute atomic E-state index is 0.851. The van der Waals surface area contributed by atoms with Crippen LogP contribution in [-0.4, -0.2) is 26.3 Å². The van der Waals surface area contributed by atoms with Crippen LogP contribution in [0.1, 0.15) is 32.1 Å². The van der Waals surface area contributed by atoms with E-state index < -0.39 is 0 Å². The number of rotatable bonds is 6. The predicted octanol–water partition coefficient (Wildman–Crippen LogP) is 1.80. The molecule has 1 heterocycles. The second-order valence-electron chi connectivity index (χ2n) is 4.49. The summed E-state index contributed by atoms with van der Waals surface area (Å²) in [5.41, 5.74) is 0. The van der Waals surface area contributed by atoms with Crippen LogP contribution in [-0.2, 0) is 4.74 Å². The minimum Gasteiger partial charge on any atom is -0.385 e. The van der Waals surface area contributed by atoms with Crippen molar-refractivity contribution < 1.29 is 4.74 Å². The summed E-state index contributed by atoms with van der Waals surface area (Å²) in [4.78, 5) is 0. The number of nitrogens with one attached hydrogen (secondary N) is 1. The molecular weight excluding hydrogens is 162 g/mol. The lowest BCUT2D eigenvalue weighted by molar-refractivity contribution is 0.165. The molecule has 2 nitrogen and oxygen atoms in total. The summed E-state index contributed by atoms with van der Waals surface area (Å²) in [6.07, 6.45) is 6.99. The highest BCUT2D eigenvalue weighted by atomic mass is 16.5. The number of methoxy groups -OCH3 is 1. The van der Waals surface area contributed by atoms with Gasteiger partial charge in [0.1, 0.15) is 0 Å². The largest absolute Gasteiger partial charge is 0.385 e. The standard InChI is InChI=1S/C11H21NO/c1-13-8-2-3-10(9-4-5-9)11-6-7-12-11/h9-12H,2-8H2,1H3. The molecule has 1 saturated carbocycles. The smallest absolute Gasteiger partial charge is 0.0462 e. The van der Waals surface area contributed by atoms with Crippen LogP contribution in [0.5, 0.6) is 0 Å². The molecule has 0 aromatic carbocycles. The van der Waals surface area contributed by atoms with Crippen molar-refractivity contribution in [1.29, 1.82) is 0 Å². The van der Waals surface area contributed by atoms with Crippen molar-refractivity contribution in [2.75, 3.05) is 20.3 Å². The Morgan fingerprint density at radius 3 is 2.62 bits per heavy atom. The first-order valence-corrected chi connectivity index (χ1v) is 5.64. The number of ether oxygens (including phenoxy) is 1. The van der Waals surface area contributed by atoms with Crippen LogP contribution in [0.4, 0.5) is 0 Å². The highest BCUT2D eigenvalue weighted by molar-refractivity contribution is 4.93. The lowest BCUT2D eigenvalue weighted by Gasteiger charge is -2.35. The van der Waals surface area contributed by atoms with Gasteiger partial charge >= 0.3 is 0 Å². The molecule has 76 valence electrons. The minimum atomic E-state index is 0.851. The Labute approximate surface area is 81.0 Å². The first kappa shape index (κ1) is 9.47. The maximum absolute atomic E-state index is 5.10. The van der Waals surface area contributed by atoms with E-state index in [2.05, 4.69) is 5.32 Å². The van der Waals surface area contributed by atoms with Gasteiger partial charge in [-0.3, -0.25) is 0 Å². The Balaban J connectivity index is 1.69. The Morgan fingerprint density at radius 1 is 1.38 bits per heavy atom. The topological polar surface area (TPSA) is 21.3 Å². The van der Waals surface area contributed by atoms with Crippen LogP contribution in [0.2, 0.25) is 0 Å². The normalized spacial score (nSPS) is 29.8. The molecule has 1 saturated heterocycles. The maximum atomic E-state index is 5.10. The van der Waals surface area contributed by atoms with E-state index in [0.29, 0.717) is 0 Å².